The van der Waals surface area contributed by atoms with Crippen molar-refractivity contribution < 1.29 is 24.9 Å². The Kier molecular flexibility index (Phi) is 28.9. The summed E-state index contributed by atoms with van der Waals surface area (Å²) in [5, 5.41) is 30.3. The number of aliphatic hydroxyl groups is 1. The van der Waals surface area contributed by atoms with E-state index in [2.05, 4.69) is 62.5 Å². The molecule has 0 saturated carbocycles. The smallest absolute Gasteiger partial charge is 0.336 e. The molecule has 1 aromatic carbocycles. The zero-order valence-electron chi connectivity index (χ0n) is 31.9. The summed E-state index contributed by atoms with van der Waals surface area (Å²) in [6.07, 6.45) is 46.2. The van der Waals surface area contributed by atoms with Crippen molar-refractivity contribution in [2.45, 2.75) is 187 Å². The molecule has 0 bridgehead atoms. The van der Waals surface area contributed by atoms with E-state index in [1.807, 2.05) is 0 Å². The highest BCUT2D eigenvalue weighted by molar-refractivity contribution is 5.98. The van der Waals surface area contributed by atoms with Crippen LogP contribution in [-0.2, 0) is 19.4 Å². The van der Waals surface area contributed by atoms with Gasteiger partial charge in [-0.25, -0.2) is 9.59 Å². The number of carbonyl (C=O) groups is 2. The maximum atomic E-state index is 12.5. The Morgan fingerprint density at radius 2 is 0.880 bits per heavy atom. The van der Waals surface area contributed by atoms with Crippen molar-refractivity contribution in [1.29, 1.82) is 0 Å². The molecule has 0 spiro atoms. The first-order chi connectivity index (χ1) is 24.5. The van der Waals surface area contributed by atoms with Crippen molar-refractivity contribution >= 4 is 11.9 Å². The second-order valence-electron chi connectivity index (χ2n) is 13.9. The van der Waals surface area contributed by atoms with E-state index in [9.17, 15) is 24.9 Å². The Bertz CT molecular complexity index is 1140. The van der Waals surface area contributed by atoms with Gasteiger partial charge in [0.15, 0.2) is 0 Å². The Labute approximate surface area is 306 Å². The molecule has 282 valence electrons. The Hall–Kier alpha value is -2.92. The van der Waals surface area contributed by atoms with Gasteiger partial charge in [-0.2, -0.15) is 0 Å². The summed E-state index contributed by atoms with van der Waals surface area (Å²) >= 11 is 0. The minimum absolute atomic E-state index is 0.0230. The molecule has 1 aromatic rings. The van der Waals surface area contributed by atoms with Gasteiger partial charge >= 0.3 is 11.9 Å². The molecule has 0 saturated heterocycles. The molecule has 50 heavy (non-hydrogen) atoms. The molecular weight excluding hydrogens is 620 g/mol. The van der Waals surface area contributed by atoms with E-state index in [4.69, 9.17) is 0 Å². The van der Waals surface area contributed by atoms with Crippen LogP contribution in [0.2, 0.25) is 0 Å². The van der Waals surface area contributed by atoms with Crippen LogP contribution in [0.4, 0.5) is 0 Å². The van der Waals surface area contributed by atoms with E-state index in [1.54, 1.807) is 0 Å². The van der Waals surface area contributed by atoms with Crippen LogP contribution in [0.3, 0.4) is 0 Å². The van der Waals surface area contributed by atoms with Gasteiger partial charge in [0.25, 0.3) is 0 Å². The molecule has 0 atom stereocenters. The largest absolute Gasteiger partial charge is 0.478 e. The van der Waals surface area contributed by atoms with Gasteiger partial charge in [-0.3, -0.25) is 0 Å². The number of unbranched alkanes of at least 4 members (excludes halogenated alkanes) is 18. The fraction of sp³-hybridized carbons (Fsp3) is 0.644. The third-order valence-corrected chi connectivity index (χ3v) is 9.50. The van der Waals surface area contributed by atoms with Crippen LogP contribution in [0, 0.1) is 0 Å². The molecule has 0 aromatic heterocycles. The van der Waals surface area contributed by atoms with Crippen LogP contribution < -0.4 is 0 Å². The van der Waals surface area contributed by atoms with Crippen LogP contribution in [-0.4, -0.2) is 27.3 Å². The summed E-state index contributed by atoms with van der Waals surface area (Å²) < 4.78 is 0. The van der Waals surface area contributed by atoms with Gasteiger partial charge in [0, 0.05) is 0 Å². The van der Waals surface area contributed by atoms with Gasteiger partial charge in [0.2, 0.25) is 0 Å². The number of hydrogen-bond donors (Lipinski definition) is 3. The molecular formula is C45H72O5. The highest BCUT2D eigenvalue weighted by atomic mass is 16.4. The predicted molar refractivity (Wildman–Crippen MR) is 212 cm³/mol. The van der Waals surface area contributed by atoms with Crippen molar-refractivity contribution in [3.8, 4) is 0 Å². The molecule has 3 N–H and O–H groups in total. The molecule has 0 aliphatic rings. The lowest BCUT2D eigenvalue weighted by atomic mass is 9.86. The lowest BCUT2D eigenvalue weighted by Gasteiger charge is -2.18. The van der Waals surface area contributed by atoms with Crippen LogP contribution >= 0.6 is 0 Å². The number of carboxylic acid groups (broad SMARTS) is 2. The maximum Gasteiger partial charge on any atom is 0.336 e. The van der Waals surface area contributed by atoms with Crippen LogP contribution in [0.5, 0.6) is 0 Å². The quantitative estimate of drug-likeness (QED) is 0.0503. The molecule has 0 amide bonds. The molecule has 1 rings (SSSR count). The summed E-state index contributed by atoms with van der Waals surface area (Å²) in [6, 6.07) is 1.52. The number of benzene rings is 1. The normalized spacial score (nSPS) is 12.1. The average Bonchev–Trinajstić information content (AvgIpc) is 3.10. The van der Waals surface area contributed by atoms with Crippen LogP contribution in [0.25, 0.3) is 0 Å². The Balaban J connectivity index is 2.47. The van der Waals surface area contributed by atoms with Crippen molar-refractivity contribution in [2.75, 3.05) is 0 Å². The summed E-state index contributed by atoms with van der Waals surface area (Å²) in [5.74, 6) is -2.22. The maximum absolute atomic E-state index is 12.5. The molecule has 0 aliphatic carbocycles. The van der Waals surface area contributed by atoms with Gasteiger partial charge in [-0.15, -0.1) is 0 Å². The Morgan fingerprint density at radius 1 is 0.500 bits per heavy atom. The SMILES string of the molecule is CCCCC/C=C\C/C=C\CCCCCCCCc1c(CO)cc(C(=O)O)c(CCCCCCCC/C=C\C/C=C\CCCCC)c1C(=O)O. The minimum Gasteiger partial charge on any atom is -0.478 e. The fourth-order valence-corrected chi connectivity index (χ4v) is 6.54. The number of aromatic carboxylic acids is 2. The van der Waals surface area contributed by atoms with E-state index in [0.717, 1.165) is 77.0 Å². The molecule has 5 nitrogen and oxygen atoms in total. The molecule has 0 unspecified atom stereocenters. The minimum atomic E-state index is -1.13. The lowest BCUT2D eigenvalue weighted by molar-refractivity contribution is 0.0693. The van der Waals surface area contributed by atoms with Crippen molar-refractivity contribution in [3.05, 3.63) is 82.5 Å². The number of hydrogen-bond acceptors (Lipinski definition) is 3. The first-order valence-electron chi connectivity index (χ1n) is 20.3. The van der Waals surface area contributed by atoms with Gasteiger partial charge in [0.1, 0.15) is 0 Å². The highest BCUT2D eigenvalue weighted by Gasteiger charge is 2.24. The second kappa shape index (κ2) is 32.0. The van der Waals surface area contributed by atoms with Crippen molar-refractivity contribution in [2.24, 2.45) is 0 Å². The second-order valence-corrected chi connectivity index (χ2v) is 13.9. The standard InChI is InChI=1S/C45H72O5/c1-3-5-7-9-11-13-15-17-19-21-23-25-27-29-31-33-35-40-39(38-46)37-42(44(47)48)41(43(40)45(49)50)36-34-32-30-28-26-24-22-20-18-16-14-12-10-8-6-4-2/h11-14,17-20,37,46H,3-10,15-16,21-36,38H2,1-2H3,(H,47,48)(H,49,50)/b13-11-,14-12-,19-17-,20-18-. The van der Waals surface area contributed by atoms with Crippen LogP contribution in [0.1, 0.15) is 205 Å². The van der Waals surface area contributed by atoms with Crippen LogP contribution in [0.15, 0.2) is 54.7 Å². The predicted octanol–water partition coefficient (Wildman–Crippen LogP) is 13.3. The van der Waals surface area contributed by atoms with E-state index < -0.39 is 11.9 Å². The molecule has 0 fully saturated rings. The van der Waals surface area contributed by atoms with Gasteiger partial charge in [-0.05, 0) is 113 Å². The summed E-state index contributed by atoms with van der Waals surface area (Å²) in [4.78, 5) is 24.7. The average molecular weight is 693 g/mol. The van der Waals surface area contributed by atoms with Crippen molar-refractivity contribution in [1.82, 2.24) is 0 Å². The van der Waals surface area contributed by atoms with Gasteiger partial charge in [0.05, 0.1) is 17.7 Å². The zero-order valence-corrected chi connectivity index (χ0v) is 31.9. The zero-order chi connectivity index (χ0) is 36.5. The number of allylic oxidation sites excluding steroid dienone is 8. The monoisotopic (exact) mass is 693 g/mol. The lowest BCUT2D eigenvalue weighted by Crippen LogP contribution is -2.16. The number of carboxylic acids is 2. The highest BCUT2D eigenvalue weighted by Crippen LogP contribution is 2.28. The third kappa shape index (κ3) is 22.0. The first-order valence-corrected chi connectivity index (χ1v) is 20.3. The molecule has 0 radical (unpaired) electrons. The van der Waals surface area contributed by atoms with Crippen molar-refractivity contribution in [3.63, 3.8) is 0 Å². The van der Waals surface area contributed by atoms with Gasteiger partial charge < -0.3 is 15.3 Å². The number of aliphatic hydroxyl groups excluding tert-OH is 1. The summed E-state index contributed by atoms with van der Waals surface area (Å²) in [5.41, 5.74) is 1.60. The van der Waals surface area contributed by atoms with E-state index in [1.165, 1.54) is 83.1 Å². The molecule has 5 heteroatoms. The number of rotatable bonds is 33. The summed E-state index contributed by atoms with van der Waals surface area (Å²) in [7, 11) is 0. The van der Waals surface area contributed by atoms with E-state index >= 15 is 0 Å². The molecule has 0 aliphatic heterocycles. The summed E-state index contributed by atoms with van der Waals surface area (Å²) in [6.45, 7) is 4.11. The Morgan fingerprint density at radius 3 is 1.26 bits per heavy atom. The topological polar surface area (TPSA) is 94.8 Å². The van der Waals surface area contributed by atoms with Gasteiger partial charge in [-0.1, -0.05) is 140 Å². The first kappa shape index (κ1) is 45.1. The fourth-order valence-electron chi connectivity index (χ4n) is 6.54. The van der Waals surface area contributed by atoms with E-state index in [-0.39, 0.29) is 17.7 Å². The molecule has 0 heterocycles. The third-order valence-electron chi connectivity index (χ3n) is 9.50. The van der Waals surface area contributed by atoms with E-state index in [0.29, 0.717) is 29.5 Å².